The number of unbranched alkanes of at least 4 members (excludes halogenated alkanes) is 2. The van der Waals surface area contributed by atoms with Gasteiger partial charge < -0.3 is 25.1 Å². The maximum Gasteiger partial charge on any atom is 0.305 e. The number of carboxylic acids is 1. The number of amides is 2. The van der Waals surface area contributed by atoms with Crippen LogP contribution in [0.15, 0.2) is 46.9 Å². The number of nitrogens with one attached hydrogen (secondary N) is 2. The third-order valence-electron chi connectivity index (χ3n) is 6.87. The molecular formula is C30H39N3O5. The Balaban J connectivity index is 1.87. The van der Waals surface area contributed by atoms with Crippen molar-refractivity contribution in [3.05, 3.63) is 59.4 Å². The van der Waals surface area contributed by atoms with Crippen LogP contribution in [0.4, 0.5) is 11.4 Å². The highest BCUT2D eigenvalue weighted by Crippen LogP contribution is 2.37. The number of fused-ring (bicyclic) bond motifs is 1. The van der Waals surface area contributed by atoms with Crippen molar-refractivity contribution in [3.8, 4) is 0 Å². The summed E-state index contributed by atoms with van der Waals surface area (Å²) in [5, 5.41) is 16.3. The molecule has 0 fully saturated rings. The van der Waals surface area contributed by atoms with Gasteiger partial charge in [0.05, 0.1) is 12.5 Å². The molecule has 2 unspecified atom stereocenters. The average Bonchev–Trinajstić information content (AvgIpc) is 3.20. The van der Waals surface area contributed by atoms with Crippen LogP contribution < -0.4 is 10.6 Å². The first-order chi connectivity index (χ1) is 18.1. The lowest BCUT2D eigenvalue weighted by atomic mass is 9.91. The quantitative estimate of drug-likeness (QED) is 0.218. The number of hydrogen-bond acceptors (Lipinski definition) is 5. The molecule has 0 aliphatic carbocycles. The monoisotopic (exact) mass is 521 g/mol. The van der Waals surface area contributed by atoms with Crippen molar-refractivity contribution in [2.45, 2.75) is 65.8 Å². The first kappa shape index (κ1) is 28.8. The summed E-state index contributed by atoms with van der Waals surface area (Å²) in [5.41, 5.74) is 3.89. The number of anilines is 2. The van der Waals surface area contributed by atoms with E-state index in [-0.39, 0.29) is 36.7 Å². The van der Waals surface area contributed by atoms with Crippen molar-refractivity contribution in [1.82, 2.24) is 4.90 Å². The summed E-state index contributed by atoms with van der Waals surface area (Å²) in [7, 11) is 1.60. The van der Waals surface area contributed by atoms with E-state index in [9.17, 15) is 14.4 Å². The van der Waals surface area contributed by atoms with Gasteiger partial charge in [0.2, 0.25) is 5.91 Å². The number of furan rings is 1. The minimum atomic E-state index is -0.935. The molecule has 3 rings (SSSR count). The van der Waals surface area contributed by atoms with Crippen molar-refractivity contribution in [2.24, 2.45) is 5.92 Å². The Labute approximate surface area is 224 Å². The van der Waals surface area contributed by atoms with Crippen molar-refractivity contribution in [3.63, 3.8) is 0 Å². The summed E-state index contributed by atoms with van der Waals surface area (Å²) in [6.07, 6.45) is 4.38. The van der Waals surface area contributed by atoms with E-state index in [1.807, 2.05) is 37.3 Å². The Morgan fingerprint density at radius 1 is 1.05 bits per heavy atom. The van der Waals surface area contributed by atoms with Crippen molar-refractivity contribution < 1.29 is 23.9 Å². The van der Waals surface area contributed by atoms with Gasteiger partial charge in [-0.3, -0.25) is 14.4 Å². The molecule has 1 aromatic heterocycles. The maximum atomic E-state index is 12.7. The number of nitrogens with zero attached hydrogens (tertiary/aromatic N) is 1. The van der Waals surface area contributed by atoms with E-state index in [4.69, 9.17) is 9.52 Å². The number of hydrogen-bond donors (Lipinski definition) is 3. The fraction of sp³-hybridized carbons (Fsp3) is 0.433. The van der Waals surface area contributed by atoms with Crippen molar-refractivity contribution >= 4 is 40.1 Å². The largest absolute Gasteiger partial charge is 0.481 e. The molecule has 8 heteroatoms. The summed E-state index contributed by atoms with van der Waals surface area (Å²) in [5.74, 6) is -0.137. The first-order valence-electron chi connectivity index (χ1n) is 13.2. The van der Waals surface area contributed by atoms with E-state index in [1.165, 1.54) is 18.2 Å². The predicted octanol–water partition coefficient (Wildman–Crippen LogP) is 6.62. The minimum absolute atomic E-state index is 0.0942. The Kier molecular flexibility index (Phi) is 9.93. The van der Waals surface area contributed by atoms with Crippen LogP contribution in [0, 0.1) is 12.8 Å². The summed E-state index contributed by atoms with van der Waals surface area (Å²) in [4.78, 5) is 36.5. The predicted molar refractivity (Wildman–Crippen MR) is 151 cm³/mol. The molecule has 0 saturated heterocycles. The molecule has 0 aliphatic heterocycles. The number of rotatable bonds is 13. The SMILES string of the molecule is CCCCCC(C)C(Nc1ccc(C(=O)N(C)CCC(=O)O)cc1)c1oc2ccc(NC(C)=O)cc2c1C. The van der Waals surface area contributed by atoms with Gasteiger partial charge in [-0.15, -0.1) is 0 Å². The number of carbonyl (C=O) groups excluding carboxylic acids is 2. The zero-order valence-corrected chi connectivity index (χ0v) is 23.0. The lowest BCUT2D eigenvalue weighted by Crippen LogP contribution is -2.29. The summed E-state index contributed by atoms with van der Waals surface area (Å²) >= 11 is 0. The normalized spacial score (nSPS) is 12.7. The number of aryl methyl sites for hydroxylation is 1. The zero-order valence-electron chi connectivity index (χ0n) is 23.0. The van der Waals surface area contributed by atoms with Crippen LogP contribution in [0.2, 0.25) is 0 Å². The molecular weight excluding hydrogens is 482 g/mol. The second-order valence-electron chi connectivity index (χ2n) is 10.0. The summed E-state index contributed by atoms with van der Waals surface area (Å²) in [6.45, 7) is 8.10. The Hall–Kier alpha value is -3.81. The van der Waals surface area contributed by atoms with Gasteiger partial charge in [-0.1, -0.05) is 33.1 Å². The molecule has 38 heavy (non-hydrogen) atoms. The highest BCUT2D eigenvalue weighted by Gasteiger charge is 2.26. The van der Waals surface area contributed by atoms with Gasteiger partial charge >= 0.3 is 5.97 Å². The molecule has 0 radical (unpaired) electrons. The van der Waals surface area contributed by atoms with Crippen LogP contribution in [0.3, 0.4) is 0 Å². The van der Waals surface area contributed by atoms with Gasteiger partial charge in [0, 0.05) is 48.4 Å². The van der Waals surface area contributed by atoms with E-state index in [1.54, 1.807) is 19.2 Å². The average molecular weight is 522 g/mol. The van der Waals surface area contributed by atoms with Gasteiger partial charge in [-0.05, 0) is 61.7 Å². The molecule has 0 aliphatic rings. The molecule has 0 bridgehead atoms. The number of carbonyl (C=O) groups is 3. The third kappa shape index (κ3) is 7.37. The minimum Gasteiger partial charge on any atom is -0.481 e. The van der Waals surface area contributed by atoms with Crippen LogP contribution in [0.5, 0.6) is 0 Å². The van der Waals surface area contributed by atoms with E-state index < -0.39 is 5.97 Å². The number of carboxylic acid groups (broad SMARTS) is 1. The molecule has 204 valence electrons. The smallest absolute Gasteiger partial charge is 0.305 e. The maximum absolute atomic E-state index is 12.7. The van der Waals surface area contributed by atoms with Crippen molar-refractivity contribution in [2.75, 3.05) is 24.2 Å². The van der Waals surface area contributed by atoms with Crippen LogP contribution in [0.25, 0.3) is 11.0 Å². The highest BCUT2D eigenvalue weighted by atomic mass is 16.4. The van der Waals surface area contributed by atoms with Gasteiger partial charge in [-0.25, -0.2) is 0 Å². The zero-order chi connectivity index (χ0) is 27.8. The van der Waals surface area contributed by atoms with Crippen LogP contribution in [0.1, 0.15) is 80.6 Å². The summed E-state index contributed by atoms with van der Waals surface area (Å²) < 4.78 is 6.38. The Morgan fingerprint density at radius 3 is 2.37 bits per heavy atom. The lowest BCUT2D eigenvalue weighted by Gasteiger charge is -2.25. The lowest BCUT2D eigenvalue weighted by molar-refractivity contribution is -0.137. The molecule has 0 spiro atoms. The molecule has 2 atom stereocenters. The first-order valence-corrected chi connectivity index (χ1v) is 13.2. The van der Waals surface area contributed by atoms with E-state index in [0.717, 1.165) is 52.9 Å². The van der Waals surface area contributed by atoms with E-state index in [2.05, 4.69) is 24.5 Å². The highest BCUT2D eigenvalue weighted by molar-refractivity contribution is 5.95. The summed E-state index contributed by atoms with van der Waals surface area (Å²) in [6, 6.07) is 12.8. The molecule has 3 aromatic rings. The second-order valence-corrected chi connectivity index (χ2v) is 10.0. The second kappa shape index (κ2) is 13.1. The van der Waals surface area contributed by atoms with E-state index >= 15 is 0 Å². The molecule has 1 heterocycles. The third-order valence-corrected chi connectivity index (χ3v) is 6.87. The van der Waals surface area contributed by atoms with Gasteiger partial charge in [0.15, 0.2) is 0 Å². The molecule has 2 amide bonds. The van der Waals surface area contributed by atoms with Crippen LogP contribution in [-0.2, 0) is 9.59 Å². The molecule has 0 saturated carbocycles. The van der Waals surface area contributed by atoms with Crippen LogP contribution in [-0.4, -0.2) is 41.4 Å². The van der Waals surface area contributed by atoms with Crippen molar-refractivity contribution in [1.29, 1.82) is 0 Å². The Morgan fingerprint density at radius 2 is 1.74 bits per heavy atom. The van der Waals surface area contributed by atoms with Gasteiger partial charge in [-0.2, -0.15) is 0 Å². The van der Waals surface area contributed by atoms with Crippen LogP contribution >= 0.6 is 0 Å². The van der Waals surface area contributed by atoms with Gasteiger partial charge in [0.1, 0.15) is 11.3 Å². The fourth-order valence-electron chi connectivity index (χ4n) is 4.64. The topological polar surface area (TPSA) is 112 Å². The van der Waals surface area contributed by atoms with Gasteiger partial charge in [0.25, 0.3) is 5.91 Å². The number of benzene rings is 2. The van der Waals surface area contributed by atoms with E-state index in [0.29, 0.717) is 5.56 Å². The molecule has 2 aromatic carbocycles. The molecule has 8 nitrogen and oxygen atoms in total. The molecule has 3 N–H and O–H groups in total. The Bertz CT molecular complexity index is 1260. The number of aliphatic carboxylic acids is 1. The fourth-order valence-corrected chi connectivity index (χ4v) is 4.64. The standard InChI is InChI=1S/C30H39N3O5/c1-6-7-8-9-19(2)28(29-20(3)25-18-24(31-21(4)34)14-15-26(25)38-29)32-23-12-10-22(11-13-23)30(37)33(5)17-16-27(35)36/h10-15,18-19,28,32H,6-9,16-17H2,1-5H3,(H,31,34)(H,35,36).